The van der Waals surface area contributed by atoms with Crippen LogP contribution in [0.25, 0.3) is 0 Å². The average Bonchev–Trinajstić information content (AvgIpc) is 3.01. The van der Waals surface area contributed by atoms with E-state index in [0.717, 1.165) is 23.4 Å². The summed E-state index contributed by atoms with van der Waals surface area (Å²) >= 11 is 0. The third-order valence-corrected chi connectivity index (χ3v) is 8.65. The first-order valence-corrected chi connectivity index (χ1v) is 16.6. The van der Waals surface area contributed by atoms with Gasteiger partial charge in [0.2, 0.25) is 5.91 Å². The van der Waals surface area contributed by atoms with Crippen LogP contribution in [-0.4, -0.2) is 45.2 Å². The molecule has 11 heteroatoms. The van der Waals surface area contributed by atoms with Crippen LogP contribution in [0.1, 0.15) is 47.1 Å². The molecular formula is C35H36F4N2O4S. The Morgan fingerprint density at radius 1 is 0.891 bits per heavy atom. The average molecular weight is 657 g/mol. The molecule has 1 amide bonds. The van der Waals surface area contributed by atoms with Gasteiger partial charge in [0.05, 0.1) is 17.1 Å². The largest absolute Gasteiger partial charge is 0.494 e. The van der Waals surface area contributed by atoms with Crippen LogP contribution in [0.2, 0.25) is 0 Å². The fraction of sp³-hybridized carbons (Fsp3) is 0.286. The molecule has 46 heavy (non-hydrogen) atoms. The number of benzene rings is 4. The van der Waals surface area contributed by atoms with Crippen LogP contribution >= 0.6 is 0 Å². The Morgan fingerprint density at radius 3 is 2.09 bits per heavy atom. The summed E-state index contributed by atoms with van der Waals surface area (Å²) < 4.78 is 86.4. The maximum atomic E-state index is 15.1. The van der Waals surface area contributed by atoms with Gasteiger partial charge in [-0.05, 0) is 41.3 Å². The van der Waals surface area contributed by atoms with E-state index in [9.17, 15) is 26.4 Å². The number of carbonyl (C=O) groups is 1. The number of hydrogen-bond donors (Lipinski definition) is 1. The predicted octanol–water partition coefficient (Wildman–Crippen LogP) is 6.99. The molecule has 0 atom stereocenters. The first-order valence-electron chi connectivity index (χ1n) is 14.7. The summed E-state index contributed by atoms with van der Waals surface area (Å²) in [6.07, 6.45) is -3.33. The lowest BCUT2D eigenvalue weighted by molar-refractivity contribution is -0.140. The van der Waals surface area contributed by atoms with Crippen molar-refractivity contribution in [3.8, 4) is 5.75 Å². The molecule has 0 saturated carbocycles. The summed E-state index contributed by atoms with van der Waals surface area (Å²) in [5.41, 5.74) is 1.06. The molecule has 0 aliphatic carbocycles. The zero-order valence-corrected chi connectivity index (χ0v) is 26.4. The monoisotopic (exact) mass is 656 g/mol. The molecule has 4 rings (SSSR count). The van der Waals surface area contributed by atoms with E-state index in [1.807, 2.05) is 65.6 Å². The Kier molecular flexibility index (Phi) is 11.6. The first-order chi connectivity index (χ1) is 21.8. The van der Waals surface area contributed by atoms with Crippen LogP contribution < -0.4 is 10.1 Å². The topological polar surface area (TPSA) is 75.7 Å². The molecule has 0 spiro atoms. The molecule has 0 bridgehead atoms. The van der Waals surface area contributed by atoms with Crippen molar-refractivity contribution in [1.82, 2.24) is 10.2 Å². The van der Waals surface area contributed by atoms with Gasteiger partial charge in [-0.15, -0.1) is 0 Å². The fourth-order valence-corrected chi connectivity index (χ4v) is 6.19. The van der Waals surface area contributed by atoms with Gasteiger partial charge in [-0.2, -0.15) is 13.2 Å². The molecule has 0 radical (unpaired) electrons. The number of amides is 1. The van der Waals surface area contributed by atoms with Crippen molar-refractivity contribution in [3.05, 3.63) is 131 Å². The van der Waals surface area contributed by atoms with Crippen molar-refractivity contribution in [2.45, 2.75) is 43.4 Å². The Morgan fingerprint density at radius 2 is 1.52 bits per heavy atom. The van der Waals surface area contributed by atoms with E-state index >= 15 is 4.39 Å². The maximum Gasteiger partial charge on any atom is 0.419 e. The number of sulfone groups is 1. The van der Waals surface area contributed by atoms with Gasteiger partial charge in [0.25, 0.3) is 0 Å². The summed E-state index contributed by atoms with van der Waals surface area (Å²) in [6.45, 7) is 2.22. The van der Waals surface area contributed by atoms with Crippen LogP contribution in [0.15, 0.2) is 102 Å². The second-order valence-electron chi connectivity index (χ2n) is 11.0. The van der Waals surface area contributed by atoms with E-state index in [2.05, 4.69) is 5.32 Å². The van der Waals surface area contributed by atoms with Crippen molar-refractivity contribution in [2.24, 2.45) is 0 Å². The molecule has 1 N–H and O–H groups in total. The van der Waals surface area contributed by atoms with Gasteiger partial charge in [-0.1, -0.05) is 78.9 Å². The molecule has 0 aromatic heterocycles. The van der Waals surface area contributed by atoms with Gasteiger partial charge < -0.3 is 10.1 Å². The number of hydrogen-bond acceptors (Lipinski definition) is 5. The number of carbonyl (C=O) groups excluding carboxylic acids is 1. The van der Waals surface area contributed by atoms with Crippen molar-refractivity contribution in [2.75, 3.05) is 26.0 Å². The number of ether oxygens (including phenoxy) is 1. The fourth-order valence-electron chi connectivity index (χ4n) is 5.24. The second-order valence-corrected chi connectivity index (χ2v) is 13.0. The minimum atomic E-state index is -4.82. The SMILES string of the molecule is CC(=O)NCc1ccc(OCCCN(Cc2cccc(C(F)(F)F)c2F)CC(c2ccccc2)c2ccccc2)cc1S(C)(=O)=O. The van der Waals surface area contributed by atoms with Crippen molar-refractivity contribution in [1.29, 1.82) is 0 Å². The smallest absolute Gasteiger partial charge is 0.419 e. The lowest BCUT2D eigenvalue weighted by Crippen LogP contribution is -2.31. The molecule has 244 valence electrons. The minimum Gasteiger partial charge on any atom is -0.494 e. The zero-order chi connectivity index (χ0) is 33.3. The van der Waals surface area contributed by atoms with E-state index in [1.54, 1.807) is 12.1 Å². The number of nitrogens with zero attached hydrogens (tertiary/aromatic N) is 1. The summed E-state index contributed by atoms with van der Waals surface area (Å²) in [6, 6.07) is 27.3. The van der Waals surface area contributed by atoms with Crippen LogP contribution in [0.4, 0.5) is 17.6 Å². The van der Waals surface area contributed by atoms with Gasteiger partial charge >= 0.3 is 6.18 Å². The zero-order valence-electron chi connectivity index (χ0n) is 25.6. The predicted molar refractivity (Wildman–Crippen MR) is 169 cm³/mol. The van der Waals surface area contributed by atoms with Crippen molar-refractivity contribution in [3.63, 3.8) is 0 Å². The van der Waals surface area contributed by atoms with E-state index in [-0.39, 0.29) is 42.0 Å². The summed E-state index contributed by atoms with van der Waals surface area (Å²) in [5.74, 6) is -1.42. The van der Waals surface area contributed by atoms with Gasteiger partial charge in [0, 0.05) is 50.8 Å². The number of alkyl halides is 3. The quantitative estimate of drug-likeness (QED) is 0.117. The third kappa shape index (κ3) is 9.64. The molecule has 0 saturated heterocycles. The molecule has 6 nitrogen and oxygen atoms in total. The van der Waals surface area contributed by atoms with Gasteiger partial charge in [-0.3, -0.25) is 9.69 Å². The highest BCUT2D eigenvalue weighted by Gasteiger charge is 2.35. The van der Waals surface area contributed by atoms with Crippen LogP contribution in [0, 0.1) is 5.82 Å². The summed E-state index contributed by atoms with van der Waals surface area (Å²) in [4.78, 5) is 13.3. The van der Waals surface area contributed by atoms with E-state index in [1.165, 1.54) is 25.1 Å². The molecule has 4 aromatic rings. The molecule has 0 unspecified atom stereocenters. The van der Waals surface area contributed by atoms with Crippen LogP contribution in [0.5, 0.6) is 5.75 Å². The maximum absolute atomic E-state index is 15.1. The third-order valence-electron chi connectivity index (χ3n) is 7.48. The van der Waals surface area contributed by atoms with Crippen LogP contribution in [0.3, 0.4) is 0 Å². The summed E-state index contributed by atoms with van der Waals surface area (Å²) in [5, 5.41) is 2.59. The lowest BCUT2D eigenvalue weighted by Gasteiger charge is -2.29. The molecule has 0 heterocycles. The van der Waals surface area contributed by atoms with Crippen LogP contribution in [-0.2, 0) is 33.9 Å². The minimum absolute atomic E-state index is 0.0361. The Labute approximate surface area is 266 Å². The molecule has 4 aromatic carbocycles. The number of rotatable bonds is 14. The highest BCUT2D eigenvalue weighted by molar-refractivity contribution is 7.90. The van der Waals surface area contributed by atoms with Gasteiger partial charge in [0.1, 0.15) is 11.6 Å². The standard InChI is InChI=1S/C35H36F4N2O4S/c1-25(42)40-22-28-17-18-30(21-33(28)46(2,43)44)45-20-10-19-41(23-29-15-9-16-32(34(29)36)35(37,38)39)24-31(26-11-5-3-6-12-26)27-13-7-4-8-14-27/h3-9,11-18,21,31H,10,19-20,22-24H2,1-2H3,(H,40,42). The second kappa shape index (κ2) is 15.4. The highest BCUT2D eigenvalue weighted by atomic mass is 32.2. The van der Waals surface area contributed by atoms with Crippen molar-refractivity contribution >= 4 is 15.7 Å². The van der Waals surface area contributed by atoms with E-state index in [4.69, 9.17) is 4.74 Å². The van der Waals surface area contributed by atoms with Gasteiger partial charge in [0.15, 0.2) is 9.84 Å². The lowest BCUT2D eigenvalue weighted by atomic mass is 9.90. The Hall–Kier alpha value is -4.22. The molecule has 0 aliphatic rings. The first kappa shape index (κ1) is 34.6. The molecule has 0 fully saturated rings. The Bertz CT molecular complexity index is 1680. The normalized spacial score (nSPS) is 12.0. The Balaban J connectivity index is 1.56. The highest BCUT2D eigenvalue weighted by Crippen LogP contribution is 2.33. The number of nitrogens with one attached hydrogen (secondary N) is 1. The van der Waals surface area contributed by atoms with Crippen molar-refractivity contribution < 1.29 is 35.5 Å². The molecular weight excluding hydrogens is 620 g/mol. The van der Waals surface area contributed by atoms with E-state index < -0.39 is 27.4 Å². The number of halogens is 4. The van der Waals surface area contributed by atoms with E-state index in [0.29, 0.717) is 30.8 Å². The summed E-state index contributed by atoms with van der Waals surface area (Å²) in [7, 11) is -3.62. The van der Waals surface area contributed by atoms with Gasteiger partial charge in [-0.25, -0.2) is 12.8 Å². The molecule has 0 aliphatic heterocycles.